The summed E-state index contributed by atoms with van der Waals surface area (Å²) in [6, 6.07) is 13.3. The number of carbonyl (C=O) groups is 1. The van der Waals surface area contributed by atoms with Crippen LogP contribution in [-0.2, 0) is 20.7 Å². The first-order chi connectivity index (χ1) is 15.7. The number of ether oxygens (including phenoxy) is 3. The topological polar surface area (TPSA) is 94.6 Å². The maximum atomic E-state index is 12.4. The number of thiophene rings is 1. The SMILES string of the molecule is COc1ccc(-c2ccnc(N[C@@H]3CO[C@@H]4[C@@H]3OC[C@@H]4NC(=O)Cc3cccs3)n2)cc1. The van der Waals surface area contributed by atoms with Gasteiger partial charge in [-0.05, 0) is 41.8 Å². The van der Waals surface area contributed by atoms with E-state index in [9.17, 15) is 4.79 Å². The summed E-state index contributed by atoms with van der Waals surface area (Å²) in [7, 11) is 1.64. The largest absolute Gasteiger partial charge is 0.497 e. The highest BCUT2D eigenvalue weighted by atomic mass is 32.1. The van der Waals surface area contributed by atoms with Crippen molar-refractivity contribution in [1.82, 2.24) is 15.3 Å². The molecule has 0 saturated carbocycles. The number of nitrogens with zero attached hydrogens (tertiary/aromatic N) is 2. The molecule has 3 aromatic rings. The average molecular weight is 453 g/mol. The van der Waals surface area contributed by atoms with Crippen LogP contribution < -0.4 is 15.4 Å². The Bertz CT molecular complexity index is 1060. The average Bonchev–Trinajstić information content (AvgIpc) is 3.55. The quantitative estimate of drug-likeness (QED) is 0.569. The van der Waals surface area contributed by atoms with Gasteiger partial charge in [0, 0.05) is 16.6 Å². The normalized spacial score (nSPS) is 24.2. The number of carbonyl (C=O) groups excluding carboxylic acids is 1. The minimum atomic E-state index is -0.190. The van der Waals surface area contributed by atoms with Crippen LogP contribution in [0, 0.1) is 0 Å². The predicted octanol–water partition coefficient (Wildman–Crippen LogP) is 2.52. The molecule has 4 atom stereocenters. The van der Waals surface area contributed by atoms with Gasteiger partial charge in [-0.3, -0.25) is 4.79 Å². The van der Waals surface area contributed by atoms with Crippen LogP contribution in [0.1, 0.15) is 4.88 Å². The monoisotopic (exact) mass is 452 g/mol. The molecule has 5 rings (SSSR count). The van der Waals surface area contributed by atoms with Crippen LogP contribution in [0.25, 0.3) is 11.3 Å². The maximum Gasteiger partial charge on any atom is 0.225 e. The molecular formula is C23H24N4O4S. The molecule has 166 valence electrons. The van der Waals surface area contributed by atoms with Gasteiger partial charge in [-0.25, -0.2) is 9.97 Å². The van der Waals surface area contributed by atoms with E-state index in [1.807, 2.05) is 47.8 Å². The first kappa shape index (κ1) is 20.9. The molecule has 9 heteroatoms. The van der Waals surface area contributed by atoms with Crippen molar-refractivity contribution in [3.05, 3.63) is 58.9 Å². The number of anilines is 1. The van der Waals surface area contributed by atoms with E-state index in [0.29, 0.717) is 25.6 Å². The van der Waals surface area contributed by atoms with Crippen molar-refractivity contribution in [3.8, 4) is 17.0 Å². The van der Waals surface area contributed by atoms with Crippen LogP contribution in [0.4, 0.5) is 5.95 Å². The second kappa shape index (κ2) is 9.23. The summed E-state index contributed by atoms with van der Waals surface area (Å²) >= 11 is 1.58. The molecule has 0 bridgehead atoms. The van der Waals surface area contributed by atoms with Crippen molar-refractivity contribution >= 4 is 23.2 Å². The second-order valence-corrected chi connectivity index (χ2v) is 8.80. The lowest BCUT2D eigenvalue weighted by Crippen LogP contribution is -2.45. The summed E-state index contributed by atoms with van der Waals surface area (Å²) < 4.78 is 17.2. The molecule has 2 N–H and O–H groups in total. The predicted molar refractivity (Wildman–Crippen MR) is 121 cm³/mol. The van der Waals surface area contributed by atoms with Crippen LogP contribution in [0.2, 0.25) is 0 Å². The lowest BCUT2D eigenvalue weighted by atomic mass is 10.1. The molecule has 2 aliphatic heterocycles. The number of fused-ring (bicyclic) bond motifs is 1. The second-order valence-electron chi connectivity index (χ2n) is 7.77. The Balaban J connectivity index is 1.20. The van der Waals surface area contributed by atoms with Gasteiger partial charge in [-0.2, -0.15) is 0 Å². The molecule has 8 nitrogen and oxygen atoms in total. The Morgan fingerprint density at radius 1 is 1.12 bits per heavy atom. The number of amides is 1. The summed E-state index contributed by atoms with van der Waals surface area (Å²) in [4.78, 5) is 22.4. The van der Waals surface area contributed by atoms with Crippen molar-refractivity contribution < 1.29 is 19.0 Å². The summed E-state index contributed by atoms with van der Waals surface area (Å²) in [5.74, 6) is 1.30. The molecular weight excluding hydrogens is 428 g/mol. The standard InChI is InChI=1S/C23H24N4O4S/c1-29-15-6-4-14(5-7-15)17-8-9-24-23(26-17)27-19-13-31-21-18(12-30-22(19)21)25-20(28)11-16-3-2-10-32-16/h2-10,18-19,21-22H,11-13H2,1H3,(H,25,28)(H,24,26,27)/t18-,19+,21-,22+/m0/s1. The zero-order valence-electron chi connectivity index (χ0n) is 17.6. The molecule has 4 heterocycles. The van der Waals surface area contributed by atoms with E-state index in [4.69, 9.17) is 14.2 Å². The number of aromatic nitrogens is 2. The molecule has 2 saturated heterocycles. The van der Waals surface area contributed by atoms with Gasteiger partial charge in [-0.15, -0.1) is 11.3 Å². The smallest absolute Gasteiger partial charge is 0.225 e. The molecule has 0 radical (unpaired) electrons. The van der Waals surface area contributed by atoms with Crippen molar-refractivity contribution in [1.29, 1.82) is 0 Å². The molecule has 0 spiro atoms. The fourth-order valence-corrected chi connectivity index (χ4v) is 4.80. The first-order valence-corrected chi connectivity index (χ1v) is 11.4. The van der Waals surface area contributed by atoms with Crippen molar-refractivity contribution in [2.24, 2.45) is 0 Å². The van der Waals surface area contributed by atoms with Gasteiger partial charge in [0.05, 0.1) is 44.5 Å². The van der Waals surface area contributed by atoms with Gasteiger partial charge in [0.25, 0.3) is 0 Å². The highest BCUT2D eigenvalue weighted by molar-refractivity contribution is 7.10. The van der Waals surface area contributed by atoms with E-state index in [2.05, 4.69) is 20.6 Å². The highest BCUT2D eigenvalue weighted by Gasteiger charge is 2.48. The van der Waals surface area contributed by atoms with Crippen LogP contribution in [0.15, 0.2) is 54.0 Å². The van der Waals surface area contributed by atoms with Gasteiger partial charge in [0.1, 0.15) is 18.0 Å². The van der Waals surface area contributed by atoms with Gasteiger partial charge in [0.15, 0.2) is 0 Å². The van der Waals surface area contributed by atoms with Crippen LogP contribution in [0.3, 0.4) is 0 Å². The Morgan fingerprint density at radius 3 is 2.66 bits per heavy atom. The van der Waals surface area contributed by atoms with Gasteiger partial charge < -0.3 is 24.8 Å². The molecule has 32 heavy (non-hydrogen) atoms. The number of benzene rings is 1. The Morgan fingerprint density at radius 2 is 1.91 bits per heavy atom. The van der Waals surface area contributed by atoms with E-state index in [1.165, 1.54) is 0 Å². The van der Waals surface area contributed by atoms with Crippen molar-refractivity contribution in [2.75, 3.05) is 25.6 Å². The number of hydrogen-bond donors (Lipinski definition) is 2. The molecule has 2 fully saturated rings. The fourth-order valence-electron chi connectivity index (χ4n) is 4.09. The minimum absolute atomic E-state index is 0.0164. The van der Waals surface area contributed by atoms with E-state index in [-0.39, 0.29) is 30.2 Å². The number of nitrogens with one attached hydrogen (secondary N) is 2. The third-order valence-corrected chi connectivity index (χ3v) is 6.55. The number of rotatable bonds is 7. The third-order valence-electron chi connectivity index (χ3n) is 5.67. The van der Waals surface area contributed by atoms with E-state index < -0.39 is 0 Å². The lowest BCUT2D eigenvalue weighted by molar-refractivity contribution is -0.121. The van der Waals surface area contributed by atoms with Gasteiger partial charge in [-0.1, -0.05) is 6.07 Å². The highest BCUT2D eigenvalue weighted by Crippen LogP contribution is 2.29. The molecule has 0 unspecified atom stereocenters. The van der Waals surface area contributed by atoms with E-state index in [0.717, 1.165) is 21.9 Å². The summed E-state index contributed by atoms with van der Waals surface area (Å²) in [5, 5.41) is 8.38. The van der Waals surface area contributed by atoms with Gasteiger partial charge in [0.2, 0.25) is 11.9 Å². The van der Waals surface area contributed by atoms with Crippen LogP contribution in [0.5, 0.6) is 5.75 Å². The Hall–Kier alpha value is -3.01. The molecule has 2 aromatic heterocycles. The maximum absolute atomic E-state index is 12.4. The molecule has 0 aliphatic carbocycles. The van der Waals surface area contributed by atoms with Gasteiger partial charge >= 0.3 is 0 Å². The Labute approximate surface area is 189 Å². The number of hydrogen-bond acceptors (Lipinski definition) is 8. The zero-order valence-corrected chi connectivity index (χ0v) is 18.4. The summed E-state index contributed by atoms with van der Waals surface area (Å²) in [6.07, 6.45) is 1.74. The van der Waals surface area contributed by atoms with Crippen LogP contribution in [-0.4, -0.2) is 60.5 Å². The van der Waals surface area contributed by atoms with E-state index in [1.54, 1.807) is 24.6 Å². The Kier molecular flexibility index (Phi) is 6.02. The summed E-state index contributed by atoms with van der Waals surface area (Å²) in [6.45, 7) is 0.888. The number of methoxy groups -OCH3 is 1. The summed E-state index contributed by atoms with van der Waals surface area (Å²) in [5.41, 5.74) is 1.79. The third kappa shape index (κ3) is 4.45. The fraction of sp³-hybridized carbons (Fsp3) is 0.348. The lowest BCUT2D eigenvalue weighted by Gasteiger charge is -2.18. The molecule has 2 aliphatic rings. The molecule has 1 aromatic carbocycles. The van der Waals surface area contributed by atoms with E-state index >= 15 is 0 Å². The minimum Gasteiger partial charge on any atom is -0.497 e. The molecule has 1 amide bonds. The van der Waals surface area contributed by atoms with Crippen LogP contribution >= 0.6 is 11.3 Å². The first-order valence-electron chi connectivity index (χ1n) is 10.5. The van der Waals surface area contributed by atoms with Crippen molar-refractivity contribution in [3.63, 3.8) is 0 Å². The van der Waals surface area contributed by atoms with Crippen molar-refractivity contribution in [2.45, 2.75) is 30.7 Å². The zero-order chi connectivity index (χ0) is 21.9.